The lowest BCUT2D eigenvalue weighted by Crippen LogP contribution is -2.19. The van der Waals surface area contributed by atoms with Crippen molar-refractivity contribution in [3.05, 3.63) is 29.3 Å². The molecule has 17 heavy (non-hydrogen) atoms. The third kappa shape index (κ3) is 3.47. The molecule has 94 valence electrons. The number of anilines is 1. The van der Waals surface area contributed by atoms with Crippen LogP contribution < -0.4 is 5.32 Å². The maximum atomic E-state index is 9.82. The Morgan fingerprint density at radius 2 is 2.12 bits per heavy atom. The predicted molar refractivity (Wildman–Crippen MR) is 72.5 cm³/mol. The minimum atomic E-state index is -0.569. The molecule has 0 saturated heterocycles. The van der Waals surface area contributed by atoms with E-state index < -0.39 is 5.60 Å². The fraction of sp³-hybridized carbons (Fsp3) is 0.600. The Bertz CT molecular complexity index is 379. The van der Waals surface area contributed by atoms with Gasteiger partial charge in [-0.1, -0.05) is 12.1 Å². The van der Waals surface area contributed by atoms with Crippen molar-refractivity contribution in [2.75, 3.05) is 11.9 Å². The van der Waals surface area contributed by atoms with E-state index in [1.54, 1.807) is 0 Å². The molecular weight excluding hydrogens is 210 g/mol. The van der Waals surface area contributed by atoms with Crippen molar-refractivity contribution in [3.8, 4) is 0 Å². The van der Waals surface area contributed by atoms with Crippen LogP contribution in [0.25, 0.3) is 0 Å². The fourth-order valence-electron chi connectivity index (χ4n) is 2.42. The molecule has 0 saturated carbocycles. The van der Waals surface area contributed by atoms with Crippen LogP contribution in [0.15, 0.2) is 18.2 Å². The first kappa shape index (κ1) is 12.4. The zero-order valence-corrected chi connectivity index (χ0v) is 10.9. The van der Waals surface area contributed by atoms with Gasteiger partial charge < -0.3 is 10.4 Å². The lowest BCUT2D eigenvalue weighted by Gasteiger charge is -2.19. The molecule has 2 nitrogen and oxygen atoms in total. The number of hydrogen-bond donors (Lipinski definition) is 2. The second-order valence-corrected chi connectivity index (χ2v) is 5.64. The van der Waals surface area contributed by atoms with Gasteiger partial charge >= 0.3 is 0 Å². The largest absolute Gasteiger partial charge is 0.390 e. The monoisotopic (exact) mass is 233 g/mol. The molecule has 0 radical (unpaired) electrons. The smallest absolute Gasteiger partial charge is 0.0594 e. The van der Waals surface area contributed by atoms with Crippen LogP contribution in [0.1, 0.15) is 44.2 Å². The molecule has 2 rings (SSSR count). The number of nitrogens with one attached hydrogen (secondary N) is 1. The minimum Gasteiger partial charge on any atom is -0.390 e. The van der Waals surface area contributed by atoms with Gasteiger partial charge in [0.15, 0.2) is 0 Å². The van der Waals surface area contributed by atoms with E-state index in [0.29, 0.717) is 0 Å². The average molecular weight is 233 g/mol. The lowest BCUT2D eigenvalue weighted by molar-refractivity contribution is 0.0713. The molecule has 0 aromatic heterocycles. The van der Waals surface area contributed by atoms with Crippen LogP contribution in [0, 0.1) is 0 Å². The number of hydrogen-bond acceptors (Lipinski definition) is 2. The number of aryl methyl sites for hydroxylation is 1. The molecule has 1 heterocycles. The van der Waals surface area contributed by atoms with Crippen LogP contribution in [0.4, 0.5) is 5.69 Å². The Labute approximate surface area is 104 Å². The average Bonchev–Trinajstić information content (AvgIpc) is 2.50. The van der Waals surface area contributed by atoms with Crippen LogP contribution in [0.3, 0.4) is 0 Å². The van der Waals surface area contributed by atoms with E-state index in [0.717, 1.165) is 19.4 Å². The molecule has 0 bridgehead atoms. The Balaban J connectivity index is 2.17. The lowest BCUT2D eigenvalue weighted by atomic mass is 9.93. The second-order valence-electron chi connectivity index (χ2n) is 5.64. The molecule has 1 aliphatic rings. The van der Waals surface area contributed by atoms with Crippen molar-refractivity contribution >= 4 is 5.69 Å². The molecule has 0 unspecified atom stereocenters. The number of rotatable bonds is 3. The maximum absolute atomic E-state index is 9.82. The molecular formula is C15H23NO. The Morgan fingerprint density at radius 1 is 1.29 bits per heavy atom. The topological polar surface area (TPSA) is 32.3 Å². The molecule has 0 aliphatic carbocycles. The minimum absolute atomic E-state index is 0.569. The third-order valence-corrected chi connectivity index (χ3v) is 3.45. The van der Waals surface area contributed by atoms with Gasteiger partial charge in [0, 0.05) is 12.2 Å². The van der Waals surface area contributed by atoms with Crippen molar-refractivity contribution in [3.63, 3.8) is 0 Å². The Kier molecular flexibility index (Phi) is 3.72. The highest BCUT2D eigenvalue weighted by atomic mass is 16.3. The summed E-state index contributed by atoms with van der Waals surface area (Å²) < 4.78 is 0. The van der Waals surface area contributed by atoms with Crippen LogP contribution >= 0.6 is 0 Å². The van der Waals surface area contributed by atoms with E-state index in [9.17, 15) is 5.11 Å². The van der Waals surface area contributed by atoms with Gasteiger partial charge in [-0.3, -0.25) is 0 Å². The highest BCUT2D eigenvalue weighted by molar-refractivity contribution is 5.55. The molecule has 1 aliphatic heterocycles. The van der Waals surface area contributed by atoms with E-state index in [-0.39, 0.29) is 0 Å². The summed E-state index contributed by atoms with van der Waals surface area (Å²) in [6.45, 7) is 4.85. The summed E-state index contributed by atoms with van der Waals surface area (Å²) in [5.74, 6) is 0. The normalized spacial score (nSPS) is 15.9. The highest BCUT2D eigenvalue weighted by Gasteiger charge is 2.15. The molecule has 0 fully saturated rings. The first-order chi connectivity index (χ1) is 8.06. The zero-order valence-electron chi connectivity index (χ0n) is 10.9. The van der Waals surface area contributed by atoms with Gasteiger partial charge in [0.1, 0.15) is 0 Å². The molecule has 1 aromatic carbocycles. The Hall–Kier alpha value is -1.02. The van der Waals surface area contributed by atoms with Crippen LogP contribution in [-0.2, 0) is 12.8 Å². The predicted octanol–water partition coefficient (Wildman–Crippen LogP) is 3.14. The van der Waals surface area contributed by atoms with Crippen molar-refractivity contribution < 1.29 is 5.11 Å². The van der Waals surface area contributed by atoms with Gasteiger partial charge in [-0.25, -0.2) is 0 Å². The Morgan fingerprint density at radius 3 is 2.88 bits per heavy atom. The summed E-state index contributed by atoms with van der Waals surface area (Å²) in [5.41, 5.74) is 3.60. The second kappa shape index (κ2) is 5.09. The first-order valence-corrected chi connectivity index (χ1v) is 6.63. The highest BCUT2D eigenvalue weighted by Crippen LogP contribution is 2.27. The van der Waals surface area contributed by atoms with Crippen molar-refractivity contribution in [2.24, 2.45) is 0 Å². The molecule has 2 heteroatoms. The molecule has 0 amide bonds. The van der Waals surface area contributed by atoms with E-state index in [4.69, 9.17) is 0 Å². The van der Waals surface area contributed by atoms with Crippen LogP contribution in [-0.4, -0.2) is 17.3 Å². The molecule has 2 N–H and O–H groups in total. The van der Waals surface area contributed by atoms with Gasteiger partial charge in [-0.2, -0.15) is 0 Å². The number of aliphatic hydroxyl groups is 1. The van der Waals surface area contributed by atoms with Gasteiger partial charge in [0.25, 0.3) is 0 Å². The number of fused-ring (bicyclic) bond motifs is 1. The SMILES string of the molecule is CC(C)(O)CCc1cccc2c1CCCCN2. The van der Waals surface area contributed by atoms with Crippen molar-refractivity contribution in [2.45, 2.75) is 51.6 Å². The summed E-state index contributed by atoms with van der Waals surface area (Å²) in [6.07, 6.45) is 5.47. The number of benzene rings is 1. The van der Waals surface area contributed by atoms with E-state index in [2.05, 4.69) is 23.5 Å². The summed E-state index contributed by atoms with van der Waals surface area (Å²) in [4.78, 5) is 0. The standard InChI is InChI=1S/C15H23NO/c1-15(2,17)10-9-12-6-5-8-14-13(12)7-3-4-11-16-14/h5-6,8,16-17H,3-4,7,9-11H2,1-2H3. The molecule has 0 spiro atoms. The quantitative estimate of drug-likeness (QED) is 0.840. The van der Waals surface area contributed by atoms with Crippen molar-refractivity contribution in [1.82, 2.24) is 0 Å². The van der Waals surface area contributed by atoms with E-state index in [1.807, 2.05) is 13.8 Å². The molecule has 1 aromatic rings. The summed E-state index contributed by atoms with van der Waals surface area (Å²) in [7, 11) is 0. The first-order valence-electron chi connectivity index (χ1n) is 6.63. The third-order valence-electron chi connectivity index (χ3n) is 3.45. The van der Waals surface area contributed by atoms with E-state index in [1.165, 1.54) is 36.1 Å². The zero-order chi connectivity index (χ0) is 12.3. The summed E-state index contributed by atoms with van der Waals surface area (Å²) >= 11 is 0. The van der Waals surface area contributed by atoms with E-state index >= 15 is 0 Å². The van der Waals surface area contributed by atoms with Crippen LogP contribution in [0.2, 0.25) is 0 Å². The van der Waals surface area contributed by atoms with Crippen molar-refractivity contribution in [1.29, 1.82) is 0 Å². The van der Waals surface area contributed by atoms with Gasteiger partial charge in [-0.15, -0.1) is 0 Å². The van der Waals surface area contributed by atoms with Gasteiger partial charge in [0.2, 0.25) is 0 Å². The van der Waals surface area contributed by atoms with Gasteiger partial charge in [-0.05, 0) is 63.1 Å². The molecule has 0 atom stereocenters. The van der Waals surface area contributed by atoms with Crippen LogP contribution in [0.5, 0.6) is 0 Å². The maximum Gasteiger partial charge on any atom is 0.0594 e. The summed E-state index contributed by atoms with van der Waals surface area (Å²) in [6, 6.07) is 6.50. The fourth-order valence-corrected chi connectivity index (χ4v) is 2.42. The summed E-state index contributed by atoms with van der Waals surface area (Å²) in [5, 5.41) is 13.3. The van der Waals surface area contributed by atoms with Gasteiger partial charge in [0.05, 0.1) is 5.60 Å².